The summed E-state index contributed by atoms with van der Waals surface area (Å²) in [7, 11) is 1.60. The molecule has 0 heterocycles. The minimum atomic E-state index is -0.922. The molecule has 116 valence electrons. The molecule has 5 heteroatoms. The highest BCUT2D eigenvalue weighted by molar-refractivity contribution is 5.81. The fourth-order valence-corrected chi connectivity index (χ4v) is 2.68. The lowest BCUT2D eigenvalue weighted by Crippen LogP contribution is -2.50. The normalized spacial score (nSPS) is 18.4. The van der Waals surface area contributed by atoms with Gasteiger partial charge in [0.25, 0.3) is 0 Å². The highest BCUT2D eigenvalue weighted by atomic mass is 16.3. The zero-order valence-electron chi connectivity index (χ0n) is 12.9. The molecule has 0 aliphatic heterocycles. The Kier molecular flexibility index (Phi) is 6.46. The SMILES string of the molecule is CNC(=O)CCC(C)(C)NC(=O)[C@H](O)C1CCCCC1. The Bertz CT molecular complexity index is 336. The number of aliphatic hydroxyl groups excluding tert-OH is 1. The van der Waals surface area contributed by atoms with Gasteiger partial charge in [0.15, 0.2) is 0 Å². The maximum absolute atomic E-state index is 12.1. The van der Waals surface area contributed by atoms with E-state index in [0.29, 0.717) is 12.8 Å². The maximum Gasteiger partial charge on any atom is 0.249 e. The lowest BCUT2D eigenvalue weighted by molar-refractivity contribution is -0.134. The summed E-state index contributed by atoms with van der Waals surface area (Å²) in [6, 6.07) is 0. The molecule has 1 aliphatic rings. The van der Waals surface area contributed by atoms with Crippen molar-refractivity contribution < 1.29 is 14.7 Å². The van der Waals surface area contributed by atoms with Crippen LogP contribution in [0.3, 0.4) is 0 Å². The summed E-state index contributed by atoms with van der Waals surface area (Å²) in [5, 5.41) is 15.6. The van der Waals surface area contributed by atoms with Gasteiger partial charge < -0.3 is 15.7 Å². The molecule has 20 heavy (non-hydrogen) atoms. The monoisotopic (exact) mass is 284 g/mol. The first-order chi connectivity index (χ1) is 9.35. The lowest BCUT2D eigenvalue weighted by Gasteiger charge is -2.31. The average Bonchev–Trinajstić information content (AvgIpc) is 2.44. The summed E-state index contributed by atoms with van der Waals surface area (Å²) in [4.78, 5) is 23.4. The number of rotatable bonds is 6. The number of amides is 2. The number of hydrogen-bond donors (Lipinski definition) is 3. The fraction of sp³-hybridized carbons (Fsp3) is 0.867. The quantitative estimate of drug-likeness (QED) is 0.689. The van der Waals surface area contributed by atoms with E-state index in [9.17, 15) is 14.7 Å². The first-order valence-corrected chi connectivity index (χ1v) is 7.56. The van der Waals surface area contributed by atoms with E-state index in [-0.39, 0.29) is 17.7 Å². The van der Waals surface area contributed by atoms with Gasteiger partial charge in [0.2, 0.25) is 11.8 Å². The highest BCUT2D eigenvalue weighted by Crippen LogP contribution is 2.27. The molecule has 1 aliphatic carbocycles. The second-order valence-electron chi connectivity index (χ2n) is 6.39. The molecule has 0 radical (unpaired) electrons. The molecule has 0 bridgehead atoms. The molecule has 2 amide bonds. The summed E-state index contributed by atoms with van der Waals surface area (Å²) in [5.74, 6) is -0.266. The van der Waals surface area contributed by atoms with E-state index in [4.69, 9.17) is 0 Å². The minimum Gasteiger partial charge on any atom is -0.383 e. The summed E-state index contributed by atoms with van der Waals surface area (Å²) in [6.45, 7) is 3.75. The van der Waals surface area contributed by atoms with E-state index < -0.39 is 11.6 Å². The van der Waals surface area contributed by atoms with E-state index in [0.717, 1.165) is 25.7 Å². The molecule has 3 N–H and O–H groups in total. The van der Waals surface area contributed by atoms with Crippen LogP contribution in [0.15, 0.2) is 0 Å². The van der Waals surface area contributed by atoms with Crippen LogP contribution in [0.1, 0.15) is 58.8 Å². The molecular formula is C15H28N2O3. The molecule has 0 saturated heterocycles. The summed E-state index contributed by atoms with van der Waals surface area (Å²) in [5.41, 5.74) is -0.487. The van der Waals surface area contributed by atoms with Crippen molar-refractivity contribution in [1.29, 1.82) is 0 Å². The van der Waals surface area contributed by atoms with Gasteiger partial charge >= 0.3 is 0 Å². The summed E-state index contributed by atoms with van der Waals surface area (Å²) < 4.78 is 0. The first kappa shape index (κ1) is 17.0. The van der Waals surface area contributed by atoms with Crippen molar-refractivity contribution in [3.8, 4) is 0 Å². The number of aliphatic hydroxyl groups is 1. The molecule has 5 nitrogen and oxygen atoms in total. The predicted molar refractivity (Wildman–Crippen MR) is 78.1 cm³/mol. The second-order valence-corrected chi connectivity index (χ2v) is 6.39. The third-order valence-electron chi connectivity index (χ3n) is 4.08. The van der Waals surface area contributed by atoms with Crippen LogP contribution in [0.4, 0.5) is 0 Å². The third-order valence-corrected chi connectivity index (χ3v) is 4.08. The van der Waals surface area contributed by atoms with Crippen LogP contribution in [0, 0.1) is 5.92 Å². The molecule has 1 fully saturated rings. The molecule has 1 rings (SSSR count). The van der Waals surface area contributed by atoms with Crippen molar-refractivity contribution in [2.75, 3.05) is 7.05 Å². The molecule has 0 aromatic heterocycles. The smallest absolute Gasteiger partial charge is 0.249 e. The van der Waals surface area contributed by atoms with Crippen LogP contribution >= 0.6 is 0 Å². The van der Waals surface area contributed by atoms with Gasteiger partial charge in [-0.15, -0.1) is 0 Å². The van der Waals surface area contributed by atoms with Crippen molar-refractivity contribution in [3.05, 3.63) is 0 Å². The first-order valence-electron chi connectivity index (χ1n) is 7.56. The number of carbonyl (C=O) groups is 2. The van der Waals surface area contributed by atoms with Gasteiger partial charge in [-0.3, -0.25) is 9.59 Å². The molecular weight excluding hydrogens is 256 g/mol. The molecule has 1 saturated carbocycles. The molecule has 1 atom stereocenters. The number of carbonyl (C=O) groups excluding carboxylic acids is 2. The van der Waals surface area contributed by atoms with Crippen LogP contribution in [0.5, 0.6) is 0 Å². The van der Waals surface area contributed by atoms with Gasteiger partial charge in [0, 0.05) is 19.0 Å². The van der Waals surface area contributed by atoms with Gasteiger partial charge in [-0.1, -0.05) is 19.3 Å². The Morgan fingerprint density at radius 2 is 1.85 bits per heavy atom. The second kappa shape index (κ2) is 7.62. The van der Waals surface area contributed by atoms with Crippen LogP contribution in [-0.2, 0) is 9.59 Å². The maximum atomic E-state index is 12.1. The fourth-order valence-electron chi connectivity index (χ4n) is 2.68. The zero-order valence-corrected chi connectivity index (χ0v) is 12.9. The van der Waals surface area contributed by atoms with Gasteiger partial charge in [-0.25, -0.2) is 0 Å². The number of hydrogen-bond acceptors (Lipinski definition) is 3. The van der Waals surface area contributed by atoms with Crippen molar-refractivity contribution in [1.82, 2.24) is 10.6 Å². The topological polar surface area (TPSA) is 78.4 Å². The van der Waals surface area contributed by atoms with Crippen LogP contribution in [0.25, 0.3) is 0 Å². The molecule has 0 spiro atoms. The average molecular weight is 284 g/mol. The van der Waals surface area contributed by atoms with Crippen molar-refractivity contribution >= 4 is 11.8 Å². The van der Waals surface area contributed by atoms with Gasteiger partial charge in [-0.05, 0) is 39.0 Å². The largest absolute Gasteiger partial charge is 0.383 e. The lowest BCUT2D eigenvalue weighted by atomic mass is 9.84. The Hall–Kier alpha value is -1.10. The Morgan fingerprint density at radius 3 is 2.40 bits per heavy atom. The standard InChI is InChI=1S/C15H28N2O3/c1-15(2,10-9-12(18)16-3)17-14(20)13(19)11-7-5-4-6-8-11/h11,13,19H,4-10H2,1-3H3,(H,16,18)(H,17,20)/t13-/m1/s1. The van der Waals surface area contributed by atoms with Crippen LogP contribution < -0.4 is 10.6 Å². The van der Waals surface area contributed by atoms with Crippen molar-refractivity contribution in [2.45, 2.75) is 70.4 Å². The minimum absolute atomic E-state index is 0.0415. The molecule has 0 aromatic rings. The Labute approximate surface area is 121 Å². The van der Waals surface area contributed by atoms with E-state index in [1.54, 1.807) is 7.05 Å². The Balaban J connectivity index is 2.44. The Morgan fingerprint density at radius 1 is 1.25 bits per heavy atom. The van der Waals surface area contributed by atoms with E-state index in [1.807, 2.05) is 13.8 Å². The van der Waals surface area contributed by atoms with Crippen LogP contribution in [0.2, 0.25) is 0 Å². The number of nitrogens with one attached hydrogen (secondary N) is 2. The van der Waals surface area contributed by atoms with Crippen molar-refractivity contribution in [3.63, 3.8) is 0 Å². The zero-order chi connectivity index (χ0) is 15.2. The van der Waals surface area contributed by atoms with Gasteiger partial charge in [0.1, 0.15) is 6.10 Å². The van der Waals surface area contributed by atoms with E-state index in [2.05, 4.69) is 10.6 Å². The van der Waals surface area contributed by atoms with Crippen molar-refractivity contribution in [2.24, 2.45) is 5.92 Å². The third kappa shape index (κ3) is 5.49. The molecule has 0 unspecified atom stereocenters. The highest BCUT2D eigenvalue weighted by Gasteiger charge is 2.31. The van der Waals surface area contributed by atoms with Crippen LogP contribution in [-0.4, -0.2) is 35.6 Å². The summed E-state index contributed by atoms with van der Waals surface area (Å²) >= 11 is 0. The van der Waals surface area contributed by atoms with E-state index in [1.165, 1.54) is 6.42 Å². The predicted octanol–water partition coefficient (Wildman–Crippen LogP) is 1.35. The van der Waals surface area contributed by atoms with Gasteiger partial charge in [0.05, 0.1) is 0 Å². The van der Waals surface area contributed by atoms with E-state index >= 15 is 0 Å². The molecule has 0 aromatic carbocycles. The van der Waals surface area contributed by atoms with Gasteiger partial charge in [-0.2, -0.15) is 0 Å². The summed E-state index contributed by atoms with van der Waals surface area (Å²) in [6.07, 6.45) is 5.22.